The van der Waals surface area contributed by atoms with Crippen molar-refractivity contribution in [1.82, 2.24) is 4.98 Å². The zero-order chi connectivity index (χ0) is 14.0. The lowest BCUT2D eigenvalue weighted by Gasteiger charge is -2.09. The van der Waals surface area contributed by atoms with E-state index < -0.39 is 15.8 Å². The molecule has 0 saturated heterocycles. The van der Waals surface area contributed by atoms with Gasteiger partial charge in [-0.15, -0.1) is 0 Å². The van der Waals surface area contributed by atoms with Gasteiger partial charge in [0.15, 0.2) is 0 Å². The minimum absolute atomic E-state index is 0.0455. The first-order valence-corrected chi connectivity index (χ1v) is 6.94. The van der Waals surface area contributed by atoms with Crippen molar-refractivity contribution < 1.29 is 12.8 Å². The molecule has 2 rings (SSSR count). The number of sulfonamides is 1. The number of hydrogen-bond donors (Lipinski definition) is 2. The first kappa shape index (κ1) is 13.6. The molecule has 0 saturated carbocycles. The van der Waals surface area contributed by atoms with E-state index in [9.17, 15) is 12.8 Å². The maximum Gasteiger partial charge on any atom is 0.264 e. The Morgan fingerprint density at radius 2 is 2.00 bits per heavy atom. The van der Waals surface area contributed by atoms with E-state index in [4.69, 9.17) is 17.3 Å². The second-order valence-corrected chi connectivity index (χ2v) is 5.70. The van der Waals surface area contributed by atoms with Gasteiger partial charge < -0.3 is 5.73 Å². The van der Waals surface area contributed by atoms with Gasteiger partial charge in [-0.1, -0.05) is 11.6 Å². The van der Waals surface area contributed by atoms with Gasteiger partial charge in [0.2, 0.25) is 0 Å². The van der Waals surface area contributed by atoms with Gasteiger partial charge >= 0.3 is 0 Å². The Labute approximate surface area is 114 Å². The Morgan fingerprint density at radius 1 is 1.26 bits per heavy atom. The number of aromatic nitrogens is 1. The predicted molar refractivity (Wildman–Crippen MR) is 70.9 cm³/mol. The van der Waals surface area contributed by atoms with Gasteiger partial charge in [0.1, 0.15) is 15.9 Å². The fraction of sp³-hybridized carbons (Fsp3) is 0. The second-order valence-electron chi connectivity index (χ2n) is 3.66. The average Bonchev–Trinajstić information content (AvgIpc) is 2.35. The van der Waals surface area contributed by atoms with Gasteiger partial charge in [-0.05, 0) is 30.3 Å². The molecule has 0 fully saturated rings. The number of rotatable bonds is 3. The van der Waals surface area contributed by atoms with Crippen LogP contribution in [0.5, 0.6) is 0 Å². The van der Waals surface area contributed by atoms with E-state index in [-0.39, 0.29) is 21.4 Å². The molecule has 1 aromatic heterocycles. The molecule has 19 heavy (non-hydrogen) atoms. The normalized spacial score (nSPS) is 11.3. The largest absolute Gasteiger partial charge is 0.398 e. The zero-order valence-electron chi connectivity index (χ0n) is 9.47. The Morgan fingerprint density at radius 3 is 2.63 bits per heavy atom. The zero-order valence-corrected chi connectivity index (χ0v) is 11.0. The van der Waals surface area contributed by atoms with Gasteiger partial charge in [0, 0.05) is 0 Å². The van der Waals surface area contributed by atoms with Crippen molar-refractivity contribution in [3.8, 4) is 0 Å². The van der Waals surface area contributed by atoms with Crippen LogP contribution in [0, 0.1) is 5.82 Å². The summed E-state index contributed by atoms with van der Waals surface area (Å²) in [6, 6.07) is 5.97. The Kier molecular flexibility index (Phi) is 3.59. The summed E-state index contributed by atoms with van der Waals surface area (Å²) >= 11 is 5.59. The number of benzene rings is 1. The van der Waals surface area contributed by atoms with E-state index in [2.05, 4.69) is 9.71 Å². The molecule has 0 aliphatic heterocycles. The standard InChI is InChI=1S/C11H9ClFN3O2S/c12-11-4-2-8(6-15-11)16-19(17,18)10-5-7(13)1-3-9(10)14/h1-6,16H,14H2. The minimum atomic E-state index is -3.98. The molecule has 8 heteroatoms. The van der Waals surface area contributed by atoms with Gasteiger partial charge in [0.05, 0.1) is 17.6 Å². The van der Waals surface area contributed by atoms with Crippen molar-refractivity contribution >= 4 is 33.0 Å². The smallest absolute Gasteiger partial charge is 0.264 e. The molecule has 0 radical (unpaired) electrons. The van der Waals surface area contributed by atoms with Crippen LogP contribution in [0.25, 0.3) is 0 Å². The Balaban J connectivity index is 2.37. The van der Waals surface area contributed by atoms with Crippen molar-refractivity contribution in [3.05, 3.63) is 47.5 Å². The molecule has 5 nitrogen and oxygen atoms in total. The maximum atomic E-state index is 13.1. The number of nitrogens with two attached hydrogens (primary N) is 1. The lowest BCUT2D eigenvalue weighted by Crippen LogP contribution is -2.15. The molecule has 0 atom stereocenters. The van der Waals surface area contributed by atoms with Crippen LogP contribution in [0.4, 0.5) is 15.8 Å². The molecule has 0 bridgehead atoms. The average molecular weight is 302 g/mol. The van der Waals surface area contributed by atoms with Crippen LogP contribution < -0.4 is 10.5 Å². The van der Waals surface area contributed by atoms with Crippen molar-refractivity contribution in [3.63, 3.8) is 0 Å². The summed E-state index contributed by atoms with van der Waals surface area (Å²) < 4.78 is 39.4. The van der Waals surface area contributed by atoms with E-state index in [0.29, 0.717) is 0 Å². The second kappa shape index (κ2) is 5.02. The number of pyridine rings is 1. The molecular weight excluding hydrogens is 293 g/mol. The van der Waals surface area contributed by atoms with Crippen LogP contribution in [0.3, 0.4) is 0 Å². The van der Waals surface area contributed by atoms with Crippen LogP contribution in [-0.4, -0.2) is 13.4 Å². The van der Waals surface area contributed by atoms with Crippen LogP contribution >= 0.6 is 11.6 Å². The Hall–Kier alpha value is -1.86. The molecule has 0 amide bonds. The number of nitrogen functional groups attached to an aromatic ring is 1. The maximum absolute atomic E-state index is 13.1. The predicted octanol–water partition coefficient (Wildman–Crippen LogP) is 2.26. The molecule has 0 aliphatic carbocycles. The molecular formula is C11H9ClFN3O2S. The number of anilines is 2. The summed E-state index contributed by atoms with van der Waals surface area (Å²) in [6.45, 7) is 0. The molecule has 1 aromatic carbocycles. The van der Waals surface area contributed by atoms with Crippen LogP contribution in [0.1, 0.15) is 0 Å². The van der Waals surface area contributed by atoms with E-state index in [1.54, 1.807) is 0 Å². The van der Waals surface area contributed by atoms with Gasteiger partial charge in [-0.2, -0.15) is 0 Å². The van der Waals surface area contributed by atoms with E-state index in [1.165, 1.54) is 24.4 Å². The summed E-state index contributed by atoms with van der Waals surface area (Å²) in [5.41, 5.74) is 5.69. The van der Waals surface area contributed by atoms with Crippen molar-refractivity contribution in [2.45, 2.75) is 4.90 Å². The number of halogens is 2. The molecule has 3 N–H and O–H groups in total. The minimum Gasteiger partial charge on any atom is -0.398 e. The molecule has 0 aliphatic rings. The van der Waals surface area contributed by atoms with Crippen LogP contribution in [0.15, 0.2) is 41.4 Å². The summed E-state index contributed by atoms with van der Waals surface area (Å²) in [5, 5.41) is 0.230. The number of hydrogen-bond acceptors (Lipinski definition) is 4. The highest BCUT2D eigenvalue weighted by Gasteiger charge is 2.18. The fourth-order valence-electron chi connectivity index (χ4n) is 1.39. The first-order chi connectivity index (χ1) is 8.88. The molecule has 0 spiro atoms. The quantitative estimate of drug-likeness (QED) is 0.672. The third-order valence-electron chi connectivity index (χ3n) is 2.24. The lowest BCUT2D eigenvalue weighted by molar-refractivity contribution is 0.596. The number of nitrogens with one attached hydrogen (secondary N) is 1. The van der Waals surface area contributed by atoms with Gasteiger partial charge in [-0.3, -0.25) is 4.72 Å². The first-order valence-electron chi connectivity index (χ1n) is 5.08. The third-order valence-corrected chi connectivity index (χ3v) is 3.91. The lowest BCUT2D eigenvalue weighted by atomic mass is 10.3. The molecule has 1 heterocycles. The van der Waals surface area contributed by atoms with Crippen molar-refractivity contribution in [2.24, 2.45) is 0 Å². The SMILES string of the molecule is Nc1ccc(F)cc1S(=O)(=O)Nc1ccc(Cl)nc1. The fourth-order valence-corrected chi connectivity index (χ4v) is 2.69. The van der Waals surface area contributed by atoms with E-state index >= 15 is 0 Å². The molecule has 100 valence electrons. The monoisotopic (exact) mass is 301 g/mol. The topological polar surface area (TPSA) is 85.1 Å². The Bertz CT molecular complexity index is 704. The third kappa shape index (κ3) is 3.12. The molecule has 0 unspecified atom stereocenters. The summed E-state index contributed by atoms with van der Waals surface area (Å²) in [7, 11) is -3.98. The van der Waals surface area contributed by atoms with Gasteiger partial charge in [0.25, 0.3) is 10.0 Å². The highest BCUT2D eigenvalue weighted by molar-refractivity contribution is 7.92. The number of nitrogens with zero attached hydrogens (tertiary/aromatic N) is 1. The van der Waals surface area contributed by atoms with E-state index in [1.807, 2.05) is 0 Å². The van der Waals surface area contributed by atoms with Crippen LogP contribution in [-0.2, 0) is 10.0 Å². The molecule has 2 aromatic rings. The summed E-state index contributed by atoms with van der Waals surface area (Å²) in [4.78, 5) is 3.40. The highest BCUT2D eigenvalue weighted by Crippen LogP contribution is 2.22. The summed E-state index contributed by atoms with van der Waals surface area (Å²) in [6.07, 6.45) is 1.25. The van der Waals surface area contributed by atoms with Crippen molar-refractivity contribution in [2.75, 3.05) is 10.5 Å². The van der Waals surface area contributed by atoms with Crippen LogP contribution in [0.2, 0.25) is 5.15 Å². The highest BCUT2D eigenvalue weighted by atomic mass is 35.5. The summed E-state index contributed by atoms with van der Waals surface area (Å²) in [5.74, 6) is -0.691. The van der Waals surface area contributed by atoms with Gasteiger partial charge in [-0.25, -0.2) is 17.8 Å². The van der Waals surface area contributed by atoms with E-state index in [0.717, 1.165) is 12.1 Å². The van der Waals surface area contributed by atoms with Crippen molar-refractivity contribution in [1.29, 1.82) is 0 Å².